The van der Waals surface area contributed by atoms with Crippen LogP contribution in [0.25, 0.3) is 0 Å². The molecule has 2 rings (SSSR count). The molecule has 128 valence electrons. The highest BCUT2D eigenvalue weighted by molar-refractivity contribution is 6.62. The van der Waals surface area contributed by atoms with Crippen molar-refractivity contribution in [2.45, 2.75) is 57.5 Å². The molecule has 0 aliphatic carbocycles. The summed E-state index contributed by atoms with van der Waals surface area (Å²) in [6.07, 6.45) is -1.18. The Bertz CT molecular complexity index is 502. The van der Waals surface area contributed by atoms with Gasteiger partial charge in [-0.25, -0.2) is 0 Å². The van der Waals surface area contributed by atoms with E-state index in [1.165, 1.54) is 0 Å². The van der Waals surface area contributed by atoms with Gasteiger partial charge in [0, 0.05) is 0 Å². The van der Waals surface area contributed by atoms with E-state index in [1.54, 1.807) is 0 Å². The fourth-order valence-electron chi connectivity index (χ4n) is 2.50. The Kier molecular flexibility index (Phi) is 5.54. The van der Waals surface area contributed by atoms with Crippen LogP contribution >= 0.6 is 0 Å². The topological polar surface area (TPSA) is 71.0 Å². The number of benzene rings is 1. The lowest BCUT2D eigenvalue weighted by atomic mass is 9.78. The van der Waals surface area contributed by atoms with Crippen LogP contribution in [0.3, 0.4) is 0 Å². The summed E-state index contributed by atoms with van der Waals surface area (Å²) in [6, 6.07) is 7.39. The first kappa shape index (κ1) is 18.4. The van der Waals surface area contributed by atoms with E-state index in [9.17, 15) is 10.2 Å². The van der Waals surface area contributed by atoms with Gasteiger partial charge in [0.15, 0.2) is 0 Å². The maximum Gasteiger partial charge on any atom is 0.494 e. The Balaban J connectivity index is 2.06. The first-order valence-electron chi connectivity index (χ1n) is 8.14. The molecule has 1 saturated heterocycles. The van der Waals surface area contributed by atoms with Crippen molar-refractivity contribution in [3.63, 3.8) is 0 Å². The monoisotopic (exact) mass is 321 g/mol. The molecule has 1 aromatic carbocycles. The van der Waals surface area contributed by atoms with Crippen molar-refractivity contribution in [1.29, 1.82) is 0 Å². The maximum atomic E-state index is 10.2. The molecule has 0 bridgehead atoms. The molecule has 23 heavy (non-hydrogen) atoms. The van der Waals surface area contributed by atoms with Gasteiger partial charge < -0.3 is 24.8 Å². The van der Waals surface area contributed by atoms with Gasteiger partial charge in [0.05, 0.1) is 17.3 Å². The van der Waals surface area contributed by atoms with Gasteiger partial charge in [0.2, 0.25) is 0 Å². The van der Waals surface area contributed by atoms with E-state index in [-0.39, 0.29) is 11.2 Å². The van der Waals surface area contributed by atoms with Gasteiger partial charge in [-0.05, 0) is 58.7 Å². The van der Waals surface area contributed by atoms with Crippen molar-refractivity contribution in [2.75, 3.05) is 13.6 Å². The molecule has 0 radical (unpaired) electrons. The van der Waals surface area contributed by atoms with Crippen LogP contribution in [0.1, 0.15) is 45.8 Å². The molecule has 1 aromatic rings. The second kappa shape index (κ2) is 6.91. The normalized spacial score (nSPS) is 22.1. The van der Waals surface area contributed by atoms with E-state index in [2.05, 4.69) is 5.32 Å². The van der Waals surface area contributed by atoms with Gasteiger partial charge >= 0.3 is 7.12 Å². The fraction of sp³-hybridized carbons (Fsp3) is 0.647. The molecule has 0 saturated carbocycles. The van der Waals surface area contributed by atoms with E-state index in [0.717, 1.165) is 5.46 Å². The summed E-state index contributed by atoms with van der Waals surface area (Å²) in [5.41, 5.74) is 0.844. The highest BCUT2D eigenvalue weighted by Gasteiger charge is 2.51. The summed E-state index contributed by atoms with van der Waals surface area (Å²) in [5, 5.41) is 23.1. The summed E-state index contributed by atoms with van der Waals surface area (Å²) in [6.45, 7) is 8.73. The Hall–Kier alpha value is -0.915. The third-order valence-corrected chi connectivity index (χ3v) is 4.86. The number of hydrogen-bond acceptors (Lipinski definition) is 5. The molecule has 0 amide bonds. The van der Waals surface area contributed by atoms with Crippen molar-refractivity contribution in [2.24, 2.45) is 0 Å². The molecule has 6 heteroatoms. The van der Waals surface area contributed by atoms with E-state index >= 15 is 0 Å². The minimum absolute atomic E-state index is 0.376. The number of aliphatic hydroxyl groups excluding tert-OH is 2. The van der Waals surface area contributed by atoms with Gasteiger partial charge in [-0.15, -0.1) is 0 Å². The van der Waals surface area contributed by atoms with Crippen molar-refractivity contribution >= 4 is 12.6 Å². The van der Waals surface area contributed by atoms with E-state index in [1.807, 2.05) is 59.0 Å². The van der Waals surface area contributed by atoms with Crippen molar-refractivity contribution in [3.05, 3.63) is 29.8 Å². The third kappa shape index (κ3) is 3.95. The Morgan fingerprint density at radius 3 is 2.04 bits per heavy atom. The Morgan fingerprint density at radius 1 is 1.04 bits per heavy atom. The van der Waals surface area contributed by atoms with Gasteiger partial charge in [-0.1, -0.05) is 24.3 Å². The second-order valence-electron chi connectivity index (χ2n) is 7.16. The predicted molar refractivity (Wildman–Crippen MR) is 91.7 cm³/mol. The molecule has 3 N–H and O–H groups in total. The third-order valence-electron chi connectivity index (χ3n) is 4.86. The molecule has 1 heterocycles. The lowest BCUT2D eigenvalue weighted by molar-refractivity contribution is 0.00578. The SMILES string of the molecule is CNCCC(O)C(O)c1ccc(B2OC(C)(C)C(C)(C)O2)cc1. The van der Waals surface area contributed by atoms with Crippen LogP contribution in [-0.4, -0.2) is 48.2 Å². The van der Waals surface area contributed by atoms with Crippen LogP contribution in [0.4, 0.5) is 0 Å². The zero-order valence-electron chi connectivity index (χ0n) is 14.7. The first-order chi connectivity index (χ1) is 10.7. The average molecular weight is 321 g/mol. The Labute approximate surface area is 139 Å². The lowest BCUT2D eigenvalue weighted by Gasteiger charge is -2.32. The first-order valence-corrected chi connectivity index (χ1v) is 8.14. The molecule has 2 unspecified atom stereocenters. The van der Waals surface area contributed by atoms with Gasteiger partial charge in [-0.2, -0.15) is 0 Å². The summed E-state index contributed by atoms with van der Waals surface area (Å²) in [5.74, 6) is 0. The van der Waals surface area contributed by atoms with Crippen LogP contribution in [0, 0.1) is 0 Å². The minimum Gasteiger partial charge on any atom is -0.399 e. The molecular weight excluding hydrogens is 293 g/mol. The minimum atomic E-state index is -0.893. The molecule has 0 aromatic heterocycles. The number of rotatable bonds is 6. The summed E-state index contributed by atoms with van der Waals surface area (Å²) in [4.78, 5) is 0. The molecule has 1 aliphatic rings. The highest BCUT2D eigenvalue weighted by Crippen LogP contribution is 2.36. The molecule has 2 atom stereocenters. The van der Waals surface area contributed by atoms with Crippen LogP contribution in [0.2, 0.25) is 0 Å². The van der Waals surface area contributed by atoms with Crippen LogP contribution < -0.4 is 10.8 Å². The zero-order chi connectivity index (χ0) is 17.3. The smallest absolute Gasteiger partial charge is 0.399 e. The van der Waals surface area contributed by atoms with Crippen molar-refractivity contribution < 1.29 is 19.5 Å². The largest absolute Gasteiger partial charge is 0.494 e. The Morgan fingerprint density at radius 2 is 1.57 bits per heavy atom. The van der Waals surface area contributed by atoms with E-state index in [4.69, 9.17) is 9.31 Å². The van der Waals surface area contributed by atoms with Crippen molar-refractivity contribution in [3.8, 4) is 0 Å². The van der Waals surface area contributed by atoms with E-state index in [0.29, 0.717) is 18.5 Å². The lowest BCUT2D eigenvalue weighted by Crippen LogP contribution is -2.41. The average Bonchev–Trinajstić information content (AvgIpc) is 2.72. The van der Waals surface area contributed by atoms with Gasteiger partial charge in [0.25, 0.3) is 0 Å². The quantitative estimate of drug-likeness (QED) is 0.682. The number of nitrogens with one attached hydrogen (secondary N) is 1. The van der Waals surface area contributed by atoms with Gasteiger partial charge in [-0.3, -0.25) is 0 Å². The van der Waals surface area contributed by atoms with E-state index < -0.39 is 19.3 Å². The summed E-state index contributed by atoms with van der Waals surface area (Å²) < 4.78 is 12.0. The number of hydrogen-bond donors (Lipinski definition) is 3. The molecule has 1 aliphatic heterocycles. The molecule has 5 nitrogen and oxygen atoms in total. The van der Waals surface area contributed by atoms with Crippen LogP contribution in [-0.2, 0) is 9.31 Å². The second-order valence-corrected chi connectivity index (χ2v) is 7.16. The fourth-order valence-corrected chi connectivity index (χ4v) is 2.50. The predicted octanol–water partition coefficient (Wildman–Crippen LogP) is 0.990. The highest BCUT2D eigenvalue weighted by atomic mass is 16.7. The summed E-state index contributed by atoms with van der Waals surface area (Å²) in [7, 11) is 1.40. The standard InChI is InChI=1S/C17H28BNO4/c1-16(2)17(3,4)23-18(22-16)13-8-6-12(7-9-13)15(21)14(20)10-11-19-5/h6-9,14-15,19-21H,10-11H2,1-5H3. The molecule has 0 spiro atoms. The molecular formula is C17H28BNO4. The number of aliphatic hydroxyl groups is 2. The zero-order valence-corrected chi connectivity index (χ0v) is 14.7. The summed E-state index contributed by atoms with van der Waals surface area (Å²) >= 11 is 0. The van der Waals surface area contributed by atoms with Crippen LogP contribution in [0.5, 0.6) is 0 Å². The van der Waals surface area contributed by atoms with Crippen molar-refractivity contribution in [1.82, 2.24) is 5.32 Å². The molecule has 1 fully saturated rings. The van der Waals surface area contributed by atoms with Gasteiger partial charge in [0.1, 0.15) is 6.10 Å². The van der Waals surface area contributed by atoms with Crippen LogP contribution in [0.15, 0.2) is 24.3 Å². The maximum absolute atomic E-state index is 10.2.